The average Bonchev–Trinajstić information content (AvgIpc) is 2.80. The zero-order chi connectivity index (χ0) is 24.3. The number of hydrogen-bond donors (Lipinski definition) is 1. The first-order chi connectivity index (χ1) is 16.3. The van der Waals surface area contributed by atoms with Crippen LogP contribution in [0.4, 0.5) is 8.78 Å². The summed E-state index contributed by atoms with van der Waals surface area (Å²) >= 11 is 0. The van der Waals surface area contributed by atoms with Crippen LogP contribution < -0.4 is 5.32 Å². The summed E-state index contributed by atoms with van der Waals surface area (Å²) in [5, 5.41) is 3.17. The van der Waals surface area contributed by atoms with Gasteiger partial charge in [0.2, 0.25) is 0 Å². The van der Waals surface area contributed by atoms with E-state index in [0.717, 1.165) is 0 Å². The maximum atomic E-state index is 14.9. The van der Waals surface area contributed by atoms with Gasteiger partial charge in [-0.05, 0) is 50.1 Å². The van der Waals surface area contributed by atoms with E-state index in [9.17, 15) is 13.6 Å². The third-order valence-electron chi connectivity index (χ3n) is 5.97. The number of pyridine rings is 1. The molecule has 1 N–H and O–H groups in total. The standard InChI is InChI=1S/C25H28F2N4O3/c1-4-34-24(32)21-20(15-31-9-11-33-12-10-31)29-23(22-19(27)13-16(2)14-28-22)30-25(21,3)17-5-7-18(26)8-6-17/h5-8,13-14H,4,9-12,15H2,1-3H3,(H,29,30). The van der Waals surface area contributed by atoms with E-state index >= 15 is 0 Å². The van der Waals surface area contributed by atoms with E-state index in [-0.39, 0.29) is 18.1 Å². The number of amidine groups is 1. The second-order valence-corrected chi connectivity index (χ2v) is 8.47. The lowest BCUT2D eigenvalue weighted by Gasteiger charge is -2.37. The Hall–Kier alpha value is -3.17. The lowest BCUT2D eigenvalue weighted by atomic mass is 9.82. The normalized spacial score (nSPS) is 21.1. The predicted molar refractivity (Wildman–Crippen MR) is 123 cm³/mol. The van der Waals surface area contributed by atoms with E-state index in [2.05, 4.69) is 15.2 Å². The molecule has 0 bridgehead atoms. The number of aryl methyl sites for hydroxylation is 1. The number of hydrogen-bond acceptors (Lipinski definition) is 7. The van der Waals surface area contributed by atoms with Crippen LogP contribution in [0.2, 0.25) is 0 Å². The van der Waals surface area contributed by atoms with Gasteiger partial charge in [-0.2, -0.15) is 0 Å². The summed E-state index contributed by atoms with van der Waals surface area (Å²) in [6.07, 6.45) is 1.56. The van der Waals surface area contributed by atoms with Crippen LogP contribution in [0.25, 0.3) is 0 Å². The number of aliphatic imine (C=N–C) groups is 1. The van der Waals surface area contributed by atoms with Crippen molar-refractivity contribution in [3.8, 4) is 0 Å². The maximum absolute atomic E-state index is 14.9. The molecule has 7 nitrogen and oxygen atoms in total. The minimum atomic E-state index is -1.26. The predicted octanol–water partition coefficient (Wildman–Crippen LogP) is 3.08. The Bertz CT molecular complexity index is 1130. The Kier molecular flexibility index (Phi) is 7.04. The Morgan fingerprint density at radius 3 is 2.59 bits per heavy atom. The summed E-state index contributed by atoms with van der Waals surface area (Å²) < 4.78 is 39.5. The number of halogens is 2. The van der Waals surface area contributed by atoms with E-state index < -0.39 is 23.1 Å². The molecule has 3 heterocycles. The Morgan fingerprint density at radius 2 is 1.94 bits per heavy atom. The molecule has 0 radical (unpaired) electrons. The molecule has 1 saturated heterocycles. The third kappa shape index (κ3) is 4.85. The van der Waals surface area contributed by atoms with Crippen molar-refractivity contribution in [3.63, 3.8) is 0 Å². The second-order valence-electron chi connectivity index (χ2n) is 8.47. The molecule has 1 unspecified atom stereocenters. The summed E-state index contributed by atoms with van der Waals surface area (Å²) in [7, 11) is 0. The molecule has 2 aliphatic heterocycles. The molecule has 1 atom stereocenters. The van der Waals surface area contributed by atoms with Crippen molar-refractivity contribution in [1.29, 1.82) is 0 Å². The number of nitrogens with one attached hydrogen (secondary N) is 1. The Labute approximate surface area is 197 Å². The summed E-state index contributed by atoms with van der Waals surface area (Å²) in [6.45, 7) is 8.29. The van der Waals surface area contributed by atoms with Crippen LogP contribution in [-0.2, 0) is 19.8 Å². The quantitative estimate of drug-likeness (QED) is 0.654. The number of rotatable bonds is 6. The van der Waals surface area contributed by atoms with Gasteiger partial charge in [0.1, 0.15) is 17.1 Å². The topological polar surface area (TPSA) is 76.0 Å². The van der Waals surface area contributed by atoms with Gasteiger partial charge < -0.3 is 14.8 Å². The van der Waals surface area contributed by atoms with Crippen molar-refractivity contribution in [1.82, 2.24) is 15.2 Å². The number of morpholine rings is 1. The molecule has 180 valence electrons. The summed E-state index contributed by atoms with van der Waals surface area (Å²) in [5.74, 6) is -1.28. The molecule has 2 aliphatic rings. The van der Waals surface area contributed by atoms with Crippen molar-refractivity contribution in [3.05, 3.63) is 76.3 Å². The number of carbonyl (C=O) groups is 1. The Balaban J connectivity index is 1.89. The smallest absolute Gasteiger partial charge is 0.338 e. The molecule has 9 heteroatoms. The van der Waals surface area contributed by atoms with Gasteiger partial charge in [0.25, 0.3) is 0 Å². The molecule has 0 amide bonds. The molecule has 0 spiro atoms. The first kappa shape index (κ1) is 24.0. The van der Waals surface area contributed by atoms with Crippen LogP contribution in [-0.4, -0.2) is 61.1 Å². The highest BCUT2D eigenvalue weighted by atomic mass is 19.1. The Morgan fingerprint density at radius 1 is 1.24 bits per heavy atom. The van der Waals surface area contributed by atoms with Gasteiger partial charge in [-0.25, -0.2) is 23.6 Å². The van der Waals surface area contributed by atoms with Crippen LogP contribution in [0.3, 0.4) is 0 Å². The van der Waals surface area contributed by atoms with E-state index in [1.54, 1.807) is 39.1 Å². The fourth-order valence-corrected chi connectivity index (χ4v) is 4.24. The van der Waals surface area contributed by atoms with Crippen LogP contribution in [0, 0.1) is 18.6 Å². The minimum Gasteiger partial charge on any atom is -0.463 e. The van der Waals surface area contributed by atoms with Crippen LogP contribution in [0.15, 0.2) is 52.8 Å². The largest absolute Gasteiger partial charge is 0.463 e. The fourth-order valence-electron chi connectivity index (χ4n) is 4.24. The number of ether oxygens (including phenoxy) is 2. The molecule has 1 aromatic heterocycles. The zero-order valence-electron chi connectivity index (χ0n) is 19.5. The van der Waals surface area contributed by atoms with Crippen LogP contribution in [0.5, 0.6) is 0 Å². The van der Waals surface area contributed by atoms with Gasteiger partial charge in [-0.1, -0.05) is 12.1 Å². The van der Waals surface area contributed by atoms with Gasteiger partial charge >= 0.3 is 5.97 Å². The number of carbonyl (C=O) groups excluding carboxylic acids is 1. The molecule has 2 aromatic rings. The molecule has 34 heavy (non-hydrogen) atoms. The van der Waals surface area contributed by atoms with E-state index in [1.807, 2.05) is 0 Å². The van der Waals surface area contributed by atoms with Crippen LogP contribution in [0.1, 0.15) is 30.7 Å². The highest BCUT2D eigenvalue weighted by Crippen LogP contribution is 2.39. The van der Waals surface area contributed by atoms with Gasteiger partial charge in [-0.15, -0.1) is 0 Å². The lowest BCUT2D eigenvalue weighted by Crippen LogP contribution is -2.47. The third-order valence-corrected chi connectivity index (χ3v) is 5.97. The highest BCUT2D eigenvalue weighted by molar-refractivity contribution is 6.03. The van der Waals surface area contributed by atoms with E-state index in [0.29, 0.717) is 55.2 Å². The molecule has 1 fully saturated rings. The SMILES string of the molecule is CCOC(=O)C1=C(CN2CCOCC2)NC(c2ncc(C)cc2F)=NC1(C)c1ccc(F)cc1. The molecular formula is C25H28F2N4O3. The molecule has 0 saturated carbocycles. The zero-order valence-corrected chi connectivity index (χ0v) is 19.5. The van der Waals surface area contributed by atoms with Gasteiger partial charge in [-0.3, -0.25) is 4.90 Å². The van der Waals surface area contributed by atoms with Crippen molar-refractivity contribution in [2.24, 2.45) is 4.99 Å². The number of benzene rings is 1. The second kappa shape index (κ2) is 9.99. The van der Waals surface area contributed by atoms with Crippen molar-refractivity contribution in [2.75, 3.05) is 39.5 Å². The summed E-state index contributed by atoms with van der Waals surface area (Å²) in [5.41, 5.74) is 0.864. The molecule has 4 rings (SSSR count). The summed E-state index contributed by atoms with van der Waals surface area (Å²) in [4.78, 5) is 24.4. The minimum absolute atomic E-state index is 0.0429. The van der Waals surface area contributed by atoms with Crippen LogP contribution >= 0.6 is 0 Å². The number of esters is 1. The fraction of sp³-hybridized carbons (Fsp3) is 0.400. The van der Waals surface area contributed by atoms with Gasteiger partial charge in [0.15, 0.2) is 11.7 Å². The van der Waals surface area contributed by atoms with Gasteiger partial charge in [0.05, 0.1) is 25.4 Å². The van der Waals surface area contributed by atoms with E-state index in [4.69, 9.17) is 14.5 Å². The maximum Gasteiger partial charge on any atom is 0.338 e. The first-order valence-corrected chi connectivity index (χ1v) is 11.3. The summed E-state index contributed by atoms with van der Waals surface area (Å²) in [6, 6.07) is 7.16. The highest BCUT2D eigenvalue weighted by Gasteiger charge is 2.43. The molecular weight excluding hydrogens is 442 g/mol. The van der Waals surface area contributed by atoms with Crippen molar-refractivity contribution < 1.29 is 23.0 Å². The number of nitrogens with zero attached hydrogens (tertiary/aromatic N) is 3. The van der Waals surface area contributed by atoms with Crippen molar-refractivity contribution >= 4 is 11.8 Å². The van der Waals surface area contributed by atoms with Gasteiger partial charge in [0, 0.05) is 31.5 Å². The monoisotopic (exact) mass is 470 g/mol. The molecule has 0 aliphatic carbocycles. The lowest BCUT2D eigenvalue weighted by molar-refractivity contribution is -0.139. The molecule has 1 aromatic carbocycles. The van der Waals surface area contributed by atoms with E-state index in [1.165, 1.54) is 18.2 Å². The van der Waals surface area contributed by atoms with Crippen molar-refractivity contribution in [2.45, 2.75) is 26.3 Å². The first-order valence-electron chi connectivity index (χ1n) is 11.3. The number of aromatic nitrogens is 1. The average molecular weight is 471 g/mol.